The molecule has 14 heavy (non-hydrogen) atoms. The van der Waals surface area contributed by atoms with Gasteiger partial charge in [0.05, 0.1) is 0 Å². The molecule has 0 bridgehead atoms. The molecule has 0 spiro atoms. The molecule has 0 saturated heterocycles. The van der Waals surface area contributed by atoms with E-state index in [9.17, 15) is 0 Å². The number of hydrogen-bond donors (Lipinski definition) is 1. The first-order valence-electron chi connectivity index (χ1n) is 4.91. The normalized spacial score (nSPS) is 10.9. The van der Waals surface area contributed by atoms with Gasteiger partial charge in [-0.3, -0.25) is 0 Å². The average Bonchev–Trinajstić information content (AvgIpc) is 2.21. The summed E-state index contributed by atoms with van der Waals surface area (Å²) in [6, 6.07) is 0. The zero-order chi connectivity index (χ0) is 11.0. The minimum atomic E-state index is 0.843. The molecule has 0 aliphatic carbocycles. The molecule has 0 aromatic carbocycles. The zero-order valence-electron chi connectivity index (χ0n) is 9.51. The Labute approximate surface area is 87.2 Å². The van der Waals surface area contributed by atoms with Crippen LogP contribution in [-0.2, 0) is 0 Å². The molecule has 0 unspecified atom stereocenters. The molecule has 0 aromatic heterocycles. The summed E-state index contributed by atoms with van der Waals surface area (Å²) in [5.74, 6) is 0.859. The van der Waals surface area contributed by atoms with Gasteiger partial charge in [-0.1, -0.05) is 19.9 Å². The monoisotopic (exact) mass is 195 g/mol. The Morgan fingerprint density at radius 3 is 2.64 bits per heavy atom. The molecule has 3 nitrogen and oxygen atoms in total. The van der Waals surface area contributed by atoms with E-state index in [2.05, 4.69) is 35.4 Å². The second-order valence-electron chi connectivity index (χ2n) is 3.21. The third-order valence-electron chi connectivity index (χ3n) is 2.02. The summed E-state index contributed by atoms with van der Waals surface area (Å²) in [6.07, 6.45) is 4.24. The number of hydrogen-bond acceptors (Lipinski definition) is 3. The van der Waals surface area contributed by atoms with Gasteiger partial charge < -0.3 is 10.2 Å². The Bertz CT molecular complexity index is 219. The van der Waals surface area contributed by atoms with Gasteiger partial charge in [-0.05, 0) is 13.1 Å². The Morgan fingerprint density at radius 1 is 1.57 bits per heavy atom. The van der Waals surface area contributed by atoms with Gasteiger partial charge in [0.25, 0.3) is 0 Å². The standard InChI is InChI=1S/C11H21N3/c1-6-7-8-14(5)11(13-4)9-10(2)12-3/h9,12H,2,4,6-8H2,1,3,5H3/b11-9-. The summed E-state index contributed by atoms with van der Waals surface area (Å²) in [4.78, 5) is 6.05. The maximum atomic E-state index is 3.96. The van der Waals surface area contributed by atoms with Crippen molar-refractivity contribution in [1.29, 1.82) is 0 Å². The fraction of sp³-hybridized carbons (Fsp3) is 0.545. The fourth-order valence-corrected chi connectivity index (χ4v) is 1.01. The van der Waals surface area contributed by atoms with Gasteiger partial charge in [0, 0.05) is 32.4 Å². The molecule has 0 radical (unpaired) electrons. The highest BCUT2D eigenvalue weighted by Gasteiger charge is 2.01. The number of rotatable bonds is 7. The molecule has 0 aromatic rings. The predicted molar refractivity (Wildman–Crippen MR) is 63.4 cm³/mol. The highest BCUT2D eigenvalue weighted by molar-refractivity contribution is 5.30. The van der Waals surface area contributed by atoms with Crippen molar-refractivity contribution >= 4 is 6.72 Å². The molecule has 0 rings (SSSR count). The molecule has 0 aliphatic heterocycles. The van der Waals surface area contributed by atoms with E-state index in [0.29, 0.717) is 0 Å². The predicted octanol–water partition coefficient (Wildman–Crippen LogP) is 1.99. The second-order valence-corrected chi connectivity index (χ2v) is 3.21. The largest absolute Gasteiger partial charge is 0.388 e. The van der Waals surface area contributed by atoms with Crippen LogP contribution in [0.1, 0.15) is 19.8 Å². The van der Waals surface area contributed by atoms with E-state index in [4.69, 9.17) is 0 Å². The molecule has 0 fully saturated rings. The van der Waals surface area contributed by atoms with Gasteiger partial charge in [-0.2, -0.15) is 0 Å². The van der Waals surface area contributed by atoms with Crippen molar-refractivity contribution in [3.8, 4) is 0 Å². The van der Waals surface area contributed by atoms with Crippen LogP contribution in [0.5, 0.6) is 0 Å². The second kappa shape index (κ2) is 7.18. The van der Waals surface area contributed by atoms with Gasteiger partial charge in [0.2, 0.25) is 0 Å². The molecule has 0 amide bonds. The SMILES string of the molecule is C=N/C(=C/C(=C)NC)N(C)CCCC. The molecule has 80 valence electrons. The van der Waals surface area contributed by atoms with E-state index in [1.807, 2.05) is 20.2 Å². The molecular weight excluding hydrogens is 174 g/mol. The number of aliphatic imine (C=N–C) groups is 1. The zero-order valence-corrected chi connectivity index (χ0v) is 9.51. The lowest BCUT2D eigenvalue weighted by atomic mass is 10.3. The van der Waals surface area contributed by atoms with Crippen molar-refractivity contribution < 1.29 is 0 Å². The summed E-state index contributed by atoms with van der Waals surface area (Å²) < 4.78 is 0. The maximum Gasteiger partial charge on any atom is 0.129 e. The summed E-state index contributed by atoms with van der Waals surface area (Å²) >= 11 is 0. The van der Waals surface area contributed by atoms with Crippen LogP contribution in [0.25, 0.3) is 0 Å². The van der Waals surface area contributed by atoms with E-state index < -0.39 is 0 Å². The number of nitrogens with zero attached hydrogens (tertiary/aromatic N) is 2. The third kappa shape index (κ3) is 4.70. The van der Waals surface area contributed by atoms with Crippen molar-refractivity contribution in [2.75, 3.05) is 20.6 Å². The lowest BCUT2D eigenvalue weighted by Crippen LogP contribution is -2.18. The topological polar surface area (TPSA) is 27.6 Å². The maximum absolute atomic E-state index is 3.96. The van der Waals surface area contributed by atoms with Crippen LogP contribution in [0.2, 0.25) is 0 Å². The van der Waals surface area contributed by atoms with Crippen LogP contribution in [-0.4, -0.2) is 32.3 Å². The first-order valence-corrected chi connectivity index (χ1v) is 4.91. The molecule has 1 N–H and O–H groups in total. The van der Waals surface area contributed by atoms with Crippen molar-refractivity contribution in [3.63, 3.8) is 0 Å². The van der Waals surface area contributed by atoms with Gasteiger partial charge in [-0.15, -0.1) is 0 Å². The lowest BCUT2D eigenvalue weighted by molar-refractivity contribution is 0.403. The van der Waals surface area contributed by atoms with Crippen LogP contribution >= 0.6 is 0 Å². The Kier molecular flexibility index (Phi) is 6.54. The molecular formula is C11H21N3. The molecule has 0 heterocycles. The lowest BCUT2D eigenvalue weighted by Gasteiger charge is -2.19. The van der Waals surface area contributed by atoms with Crippen molar-refractivity contribution in [2.45, 2.75) is 19.8 Å². The average molecular weight is 195 g/mol. The highest BCUT2D eigenvalue weighted by Crippen LogP contribution is 2.06. The fourth-order valence-electron chi connectivity index (χ4n) is 1.01. The minimum absolute atomic E-state index is 0.843. The van der Waals surface area contributed by atoms with E-state index in [0.717, 1.165) is 24.5 Å². The first kappa shape index (κ1) is 12.8. The van der Waals surface area contributed by atoms with Crippen LogP contribution in [0, 0.1) is 0 Å². The van der Waals surface area contributed by atoms with Crippen molar-refractivity contribution in [2.24, 2.45) is 4.99 Å². The molecule has 0 atom stereocenters. The van der Waals surface area contributed by atoms with Crippen LogP contribution in [0.4, 0.5) is 0 Å². The number of allylic oxidation sites excluding steroid dienone is 1. The third-order valence-corrected chi connectivity index (χ3v) is 2.02. The van der Waals surface area contributed by atoms with Gasteiger partial charge in [0.15, 0.2) is 0 Å². The number of nitrogens with one attached hydrogen (secondary N) is 1. The van der Waals surface area contributed by atoms with E-state index in [-0.39, 0.29) is 0 Å². The van der Waals surface area contributed by atoms with Crippen molar-refractivity contribution in [3.05, 3.63) is 24.2 Å². The Morgan fingerprint density at radius 2 is 2.21 bits per heavy atom. The molecule has 0 aliphatic rings. The van der Waals surface area contributed by atoms with Crippen LogP contribution in [0.15, 0.2) is 29.2 Å². The highest BCUT2D eigenvalue weighted by atomic mass is 15.2. The van der Waals surface area contributed by atoms with E-state index in [1.165, 1.54) is 6.42 Å². The summed E-state index contributed by atoms with van der Waals surface area (Å²) in [7, 11) is 3.85. The summed E-state index contributed by atoms with van der Waals surface area (Å²) in [5.41, 5.74) is 0.843. The van der Waals surface area contributed by atoms with E-state index in [1.54, 1.807) is 0 Å². The van der Waals surface area contributed by atoms with Crippen LogP contribution in [0.3, 0.4) is 0 Å². The Hall–Kier alpha value is -1.25. The van der Waals surface area contributed by atoms with E-state index >= 15 is 0 Å². The van der Waals surface area contributed by atoms with Crippen LogP contribution < -0.4 is 5.32 Å². The minimum Gasteiger partial charge on any atom is -0.388 e. The number of unbranched alkanes of at least 4 members (excludes halogenated alkanes) is 1. The Balaban J connectivity index is 4.31. The van der Waals surface area contributed by atoms with Crippen molar-refractivity contribution in [1.82, 2.24) is 10.2 Å². The molecule has 3 heteroatoms. The first-order chi connectivity index (χ1) is 6.65. The summed E-state index contributed by atoms with van der Waals surface area (Å²) in [6.45, 7) is 10.5. The van der Waals surface area contributed by atoms with Gasteiger partial charge >= 0.3 is 0 Å². The van der Waals surface area contributed by atoms with Gasteiger partial charge in [-0.25, -0.2) is 4.99 Å². The smallest absolute Gasteiger partial charge is 0.129 e. The summed E-state index contributed by atoms with van der Waals surface area (Å²) in [5, 5.41) is 2.96. The number of likely N-dealkylation sites (N-methyl/N-ethyl adjacent to an activating group) is 1. The quantitative estimate of drug-likeness (QED) is 0.497. The van der Waals surface area contributed by atoms with Gasteiger partial charge in [0.1, 0.15) is 5.82 Å². The molecule has 0 saturated carbocycles.